The largest absolute Gasteiger partial charge is 0.478 e. The van der Waals surface area contributed by atoms with Crippen molar-refractivity contribution < 1.29 is 19.1 Å². The van der Waals surface area contributed by atoms with Gasteiger partial charge in [-0.2, -0.15) is 0 Å². The van der Waals surface area contributed by atoms with Gasteiger partial charge in [-0.25, -0.2) is 9.18 Å². The Bertz CT molecular complexity index is 565. The van der Waals surface area contributed by atoms with Crippen LogP contribution in [0.15, 0.2) is 24.3 Å². The van der Waals surface area contributed by atoms with Gasteiger partial charge in [0.25, 0.3) is 5.91 Å². The first kappa shape index (κ1) is 15.2. The number of hydrogen-bond acceptors (Lipinski definition) is 2. The fourth-order valence-corrected chi connectivity index (χ4v) is 2.08. The van der Waals surface area contributed by atoms with E-state index in [1.807, 2.05) is 0 Å². The van der Waals surface area contributed by atoms with Crippen LogP contribution in [0.1, 0.15) is 41.6 Å². The standard InChI is InChI=1S/C16H18FNO3/c17-14-10-12(6-8-15(19)20)5-7-13(14)16(21)18-9-1-2-11-3-4-11/h5-8,10-11H,1-4,9H2,(H,18,21)(H,19,20)/b8-6+. The summed E-state index contributed by atoms with van der Waals surface area (Å²) in [5.74, 6) is -1.37. The predicted octanol–water partition coefficient (Wildman–Crippen LogP) is 2.84. The average Bonchev–Trinajstić information content (AvgIpc) is 3.25. The molecule has 1 aliphatic carbocycles. The molecule has 0 bridgehead atoms. The van der Waals surface area contributed by atoms with Crippen LogP contribution in [0.2, 0.25) is 0 Å². The van der Waals surface area contributed by atoms with Crippen LogP contribution in [0.25, 0.3) is 6.08 Å². The molecule has 0 heterocycles. The molecule has 2 N–H and O–H groups in total. The molecule has 2 rings (SSSR count). The smallest absolute Gasteiger partial charge is 0.328 e. The Morgan fingerprint density at radius 3 is 2.76 bits per heavy atom. The van der Waals surface area contributed by atoms with Gasteiger partial charge in [-0.3, -0.25) is 4.79 Å². The number of benzene rings is 1. The Morgan fingerprint density at radius 1 is 1.38 bits per heavy atom. The minimum Gasteiger partial charge on any atom is -0.478 e. The van der Waals surface area contributed by atoms with E-state index in [-0.39, 0.29) is 5.56 Å². The highest BCUT2D eigenvalue weighted by atomic mass is 19.1. The van der Waals surface area contributed by atoms with Crippen molar-refractivity contribution in [3.8, 4) is 0 Å². The third kappa shape index (κ3) is 5.02. The number of hydrogen-bond donors (Lipinski definition) is 2. The predicted molar refractivity (Wildman–Crippen MR) is 77.4 cm³/mol. The van der Waals surface area contributed by atoms with Crippen LogP contribution < -0.4 is 5.32 Å². The minimum atomic E-state index is -1.10. The Labute approximate surface area is 122 Å². The van der Waals surface area contributed by atoms with Crippen molar-refractivity contribution in [3.05, 3.63) is 41.2 Å². The summed E-state index contributed by atoms with van der Waals surface area (Å²) in [5, 5.41) is 11.2. The molecule has 0 aliphatic heterocycles. The van der Waals surface area contributed by atoms with E-state index in [4.69, 9.17) is 5.11 Å². The average molecular weight is 291 g/mol. The van der Waals surface area contributed by atoms with Gasteiger partial charge in [-0.15, -0.1) is 0 Å². The number of carboxylic acids is 1. The third-order valence-electron chi connectivity index (χ3n) is 3.43. The van der Waals surface area contributed by atoms with Gasteiger partial charge in [0.15, 0.2) is 0 Å². The SMILES string of the molecule is O=C(O)/C=C/c1ccc(C(=O)NCCCC2CC2)c(F)c1. The molecule has 0 saturated heterocycles. The van der Waals surface area contributed by atoms with Gasteiger partial charge in [0, 0.05) is 12.6 Å². The topological polar surface area (TPSA) is 66.4 Å². The zero-order valence-corrected chi connectivity index (χ0v) is 11.6. The Hall–Kier alpha value is -2.17. The lowest BCUT2D eigenvalue weighted by Crippen LogP contribution is -2.25. The third-order valence-corrected chi connectivity index (χ3v) is 3.43. The van der Waals surface area contributed by atoms with E-state index in [0.717, 1.165) is 30.9 Å². The van der Waals surface area contributed by atoms with Crippen molar-refractivity contribution in [2.45, 2.75) is 25.7 Å². The lowest BCUT2D eigenvalue weighted by Gasteiger charge is -2.06. The van der Waals surface area contributed by atoms with Crippen molar-refractivity contribution in [1.82, 2.24) is 5.32 Å². The number of carboxylic acid groups (broad SMARTS) is 1. The molecule has 1 saturated carbocycles. The molecule has 0 spiro atoms. The molecule has 1 aliphatic rings. The Kier molecular flexibility index (Phi) is 5.09. The molecule has 4 nitrogen and oxygen atoms in total. The minimum absolute atomic E-state index is 0.0195. The van der Waals surface area contributed by atoms with Crippen LogP contribution in [0.3, 0.4) is 0 Å². The highest BCUT2D eigenvalue weighted by Gasteiger charge is 2.20. The second-order valence-electron chi connectivity index (χ2n) is 5.25. The maximum absolute atomic E-state index is 13.8. The van der Waals surface area contributed by atoms with Crippen LogP contribution in [0.4, 0.5) is 4.39 Å². The summed E-state index contributed by atoms with van der Waals surface area (Å²) in [6.45, 7) is 0.551. The molecule has 21 heavy (non-hydrogen) atoms. The van der Waals surface area contributed by atoms with Gasteiger partial charge in [-0.1, -0.05) is 18.9 Å². The quantitative estimate of drug-likeness (QED) is 0.599. The van der Waals surface area contributed by atoms with Crippen LogP contribution in [0.5, 0.6) is 0 Å². The van der Waals surface area contributed by atoms with Gasteiger partial charge in [0.1, 0.15) is 5.82 Å². The molecule has 1 aromatic carbocycles. The fourth-order valence-electron chi connectivity index (χ4n) is 2.08. The van der Waals surface area contributed by atoms with Crippen LogP contribution in [-0.2, 0) is 4.79 Å². The van der Waals surface area contributed by atoms with Crippen LogP contribution in [0, 0.1) is 11.7 Å². The number of amides is 1. The molecule has 0 radical (unpaired) electrons. The fraction of sp³-hybridized carbons (Fsp3) is 0.375. The summed E-state index contributed by atoms with van der Waals surface area (Å²) in [6.07, 6.45) is 6.80. The maximum atomic E-state index is 13.8. The normalized spacial score (nSPS) is 14.3. The zero-order valence-electron chi connectivity index (χ0n) is 11.6. The highest BCUT2D eigenvalue weighted by molar-refractivity contribution is 5.94. The second-order valence-corrected chi connectivity index (χ2v) is 5.25. The molecule has 1 fully saturated rings. The maximum Gasteiger partial charge on any atom is 0.328 e. The summed E-state index contributed by atoms with van der Waals surface area (Å²) < 4.78 is 13.8. The van der Waals surface area contributed by atoms with Crippen molar-refractivity contribution in [1.29, 1.82) is 0 Å². The second kappa shape index (κ2) is 7.02. The van der Waals surface area contributed by atoms with Crippen LogP contribution in [-0.4, -0.2) is 23.5 Å². The van der Waals surface area contributed by atoms with Crippen molar-refractivity contribution in [2.24, 2.45) is 5.92 Å². The number of aliphatic carboxylic acids is 1. The van der Waals surface area contributed by atoms with Gasteiger partial charge < -0.3 is 10.4 Å². The first-order chi connectivity index (χ1) is 10.1. The zero-order chi connectivity index (χ0) is 15.2. The summed E-state index contributed by atoms with van der Waals surface area (Å²) in [7, 11) is 0. The van der Waals surface area contributed by atoms with Crippen molar-refractivity contribution in [3.63, 3.8) is 0 Å². The lowest BCUT2D eigenvalue weighted by atomic mass is 10.1. The van der Waals surface area contributed by atoms with Gasteiger partial charge in [0.05, 0.1) is 5.56 Å². The number of nitrogens with one attached hydrogen (secondary N) is 1. The van der Waals surface area contributed by atoms with Crippen LogP contribution >= 0.6 is 0 Å². The van der Waals surface area contributed by atoms with Gasteiger partial charge >= 0.3 is 5.97 Å². The molecule has 0 unspecified atom stereocenters. The molecule has 1 aromatic rings. The number of carbonyl (C=O) groups is 2. The lowest BCUT2D eigenvalue weighted by molar-refractivity contribution is -0.131. The van der Waals surface area contributed by atoms with E-state index >= 15 is 0 Å². The van der Waals surface area contributed by atoms with E-state index in [1.54, 1.807) is 0 Å². The van der Waals surface area contributed by atoms with Gasteiger partial charge in [0.2, 0.25) is 0 Å². The van der Waals surface area contributed by atoms with E-state index in [9.17, 15) is 14.0 Å². The number of carbonyl (C=O) groups excluding carboxylic acids is 1. The first-order valence-electron chi connectivity index (χ1n) is 7.05. The highest BCUT2D eigenvalue weighted by Crippen LogP contribution is 2.33. The summed E-state index contributed by atoms with van der Waals surface area (Å²) >= 11 is 0. The number of halogens is 1. The Morgan fingerprint density at radius 2 is 2.14 bits per heavy atom. The van der Waals surface area contributed by atoms with Crippen molar-refractivity contribution in [2.75, 3.05) is 6.54 Å². The van der Waals surface area contributed by atoms with Crippen molar-refractivity contribution >= 4 is 18.0 Å². The van der Waals surface area contributed by atoms with E-state index in [1.165, 1.54) is 31.1 Å². The Balaban J connectivity index is 1.89. The summed E-state index contributed by atoms with van der Waals surface area (Å²) in [6, 6.07) is 4.03. The molecule has 5 heteroatoms. The number of rotatable bonds is 7. The van der Waals surface area contributed by atoms with Gasteiger partial charge in [-0.05, 0) is 42.5 Å². The molecular formula is C16H18FNO3. The monoisotopic (exact) mass is 291 g/mol. The molecule has 1 amide bonds. The molecule has 0 atom stereocenters. The van der Waals surface area contributed by atoms with E-state index in [0.29, 0.717) is 12.1 Å². The summed E-state index contributed by atoms with van der Waals surface area (Å²) in [5.41, 5.74) is 0.383. The molecular weight excluding hydrogens is 273 g/mol. The summed E-state index contributed by atoms with van der Waals surface area (Å²) in [4.78, 5) is 22.2. The first-order valence-corrected chi connectivity index (χ1v) is 7.05. The molecule has 112 valence electrons. The van der Waals surface area contributed by atoms with E-state index < -0.39 is 17.7 Å². The molecule has 0 aromatic heterocycles. The van der Waals surface area contributed by atoms with E-state index in [2.05, 4.69) is 5.32 Å².